The van der Waals surface area contributed by atoms with Crippen LogP contribution in [-0.2, 0) is 6.54 Å². The molecule has 20 heavy (non-hydrogen) atoms. The molecule has 1 heterocycles. The van der Waals surface area contributed by atoms with E-state index in [0.717, 1.165) is 24.6 Å². The third kappa shape index (κ3) is 7.52. The number of aromatic nitrogens is 1. The highest BCUT2D eigenvalue weighted by atomic mass is 127. The SMILES string of the molecule is CCNC(=NCc1ccc(OC)nc1)NCC(C)C.I. The lowest BCUT2D eigenvalue weighted by molar-refractivity contribution is 0.397. The summed E-state index contributed by atoms with van der Waals surface area (Å²) in [6, 6.07) is 3.82. The van der Waals surface area contributed by atoms with Crippen molar-refractivity contribution in [1.82, 2.24) is 15.6 Å². The number of guanidine groups is 1. The molecule has 2 N–H and O–H groups in total. The molecule has 0 amide bonds. The number of ether oxygens (including phenoxy) is 1. The zero-order chi connectivity index (χ0) is 14.1. The van der Waals surface area contributed by atoms with Crippen LogP contribution in [0.5, 0.6) is 5.88 Å². The Bertz CT molecular complexity index is 393. The minimum atomic E-state index is 0. The zero-order valence-electron chi connectivity index (χ0n) is 12.6. The van der Waals surface area contributed by atoms with Crippen molar-refractivity contribution in [1.29, 1.82) is 0 Å². The fourth-order valence-corrected chi connectivity index (χ4v) is 1.44. The van der Waals surface area contributed by atoms with Gasteiger partial charge in [0.15, 0.2) is 5.96 Å². The Morgan fingerprint density at radius 3 is 2.60 bits per heavy atom. The number of hydrogen-bond acceptors (Lipinski definition) is 3. The van der Waals surface area contributed by atoms with Crippen molar-refractivity contribution in [3.63, 3.8) is 0 Å². The van der Waals surface area contributed by atoms with E-state index in [9.17, 15) is 0 Å². The first kappa shape index (κ1) is 18.9. The van der Waals surface area contributed by atoms with Gasteiger partial charge in [-0.05, 0) is 18.4 Å². The van der Waals surface area contributed by atoms with Gasteiger partial charge in [0.05, 0.1) is 13.7 Å². The van der Waals surface area contributed by atoms with E-state index in [-0.39, 0.29) is 24.0 Å². The largest absolute Gasteiger partial charge is 0.481 e. The van der Waals surface area contributed by atoms with Crippen LogP contribution in [0.3, 0.4) is 0 Å². The summed E-state index contributed by atoms with van der Waals surface area (Å²) in [5.74, 6) is 2.05. The molecule has 0 bridgehead atoms. The molecule has 0 aliphatic rings. The lowest BCUT2D eigenvalue weighted by atomic mass is 10.2. The number of pyridine rings is 1. The minimum Gasteiger partial charge on any atom is -0.481 e. The van der Waals surface area contributed by atoms with Gasteiger partial charge < -0.3 is 15.4 Å². The highest BCUT2D eigenvalue weighted by Gasteiger charge is 2.00. The van der Waals surface area contributed by atoms with Gasteiger partial charge in [0.1, 0.15) is 0 Å². The highest BCUT2D eigenvalue weighted by molar-refractivity contribution is 14.0. The molecular weight excluding hydrogens is 367 g/mol. The summed E-state index contributed by atoms with van der Waals surface area (Å²) in [4.78, 5) is 8.69. The quantitative estimate of drug-likeness (QED) is 0.444. The maximum atomic E-state index is 5.03. The number of halogens is 1. The van der Waals surface area contributed by atoms with Gasteiger partial charge in [-0.15, -0.1) is 24.0 Å². The Balaban J connectivity index is 0.00000361. The predicted molar refractivity (Wildman–Crippen MR) is 93.9 cm³/mol. The molecule has 0 radical (unpaired) electrons. The van der Waals surface area contributed by atoms with Crippen molar-refractivity contribution in [3.8, 4) is 5.88 Å². The number of nitrogens with zero attached hydrogens (tertiary/aromatic N) is 2. The molecule has 0 saturated carbocycles. The maximum absolute atomic E-state index is 5.03. The van der Waals surface area contributed by atoms with Crippen LogP contribution in [0, 0.1) is 5.92 Å². The van der Waals surface area contributed by atoms with Gasteiger partial charge in [0, 0.05) is 25.4 Å². The van der Waals surface area contributed by atoms with Crippen LogP contribution in [0.2, 0.25) is 0 Å². The Kier molecular flexibility index (Phi) is 10.1. The van der Waals surface area contributed by atoms with Gasteiger partial charge in [-0.3, -0.25) is 0 Å². The fraction of sp³-hybridized carbons (Fsp3) is 0.571. The molecule has 0 aliphatic heterocycles. The van der Waals surface area contributed by atoms with E-state index in [4.69, 9.17) is 4.74 Å². The summed E-state index contributed by atoms with van der Waals surface area (Å²) in [6.45, 7) is 8.76. The number of hydrogen-bond donors (Lipinski definition) is 2. The molecule has 5 nitrogen and oxygen atoms in total. The van der Waals surface area contributed by atoms with Crippen molar-refractivity contribution in [3.05, 3.63) is 23.9 Å². The van der Waals surface area contributed by atoms with Crippen molar-refractivity contribution >= 4 is 29.9 Å². The second-order valence-corrected chi connectivity index (χ2v) is 4.68. The van der Waals surface area contributed by atoms with E-state index >= 15 is 0 Å². The van der Waals surface area contributed by atoms with Crippen molar-refractivity contribution in [2.45, 2.75) is 27.3 Å². The van der Waals surface area contributed by atoms with Gasteiger partial charge in [-0.1, -0.05) is 19.9 Å². The molecule has 0 aromatic carbocycles. The van der Waals surface area contributed by atoms with Crippen LogP contribution in [0.25, 0.3) is 0 Å². The lowest BCUT2D eigenvalue weighted by Crippen LogP contribution is -2.39. The summed E-state index contributed by atoms with van der Waals surface area (Å²) >= 11 is 0. The van der Waals surface area contributed by atoms with Gasteiger partial charge >= 0.3 is 0 Å². The van der Waals surface area contributed by atoms with E-state index in [1.54, 1.807) is 13.3 Å². The van der Waals surface area contributed by atoms with Crippen LogP contribution < -0.4 is 15.4 Å². The fourth-order valence-electron chi connectivity index (χ4n) is 1.44. The molecule has 1 aromatic rings. The van der Waals surface area contributed by atoms with Crippen LogP contribution in [0.4, 0.5) is 0 Å². The molecule has 0 aliphatic carbocycles. The summed E-state index contributed by atoms with van der Waals surface area (Å²) in [6.07, 6.45) is 1.79. The Hall–Kier alpha value is -1.05. The standard InChI is InChI=1S/C14H24N4O.HI/c1-5-15-14(17-8-11(2)3)18-10-12-6-7-13(19-4)16-9-12;/h6-7,9,11H,5,8,10H2,1-4H3,(H2,15,17,18);1H. The first-order chi connectivity index (χ1) is 9.15. The summed E-state index contributed by atoms with van der Waals surface area (Å²) in [5.41, 5.74) is 1.06. The van der Waals surface area contributed by atoms with E-state index in [1.165, 1.54) is 0 Å². The lowest BCUT2D eigenvalue weighted by Gasteiger charge is -2.12. The molecule has 6 heteroatoms. The van der Waals surface area contributed by atoms with Crippen LogP contribution in [0.15, 0.2) is 23.3 Å². The van der Waals surface area contributed by atoms with E-state index in [1.807, 2.05) is 12.1 Å². The van der Waals surface area contributed by atoms with E-state index < -0.39 is 0 Å². The molecule has 0 unspecified atom stereocenters. The number of rotatable bonds is 6. The van der Waals surface area contributed by atoms with Crippen molar-refractivity contribution < 1.29 is 4.74 Å². The molecule has 1 aromatic heterocycles. The Labute approximate surface area is 138 Å². The monoisotopic (exact) mass is 392 g/mol. The normalized spacial score (nSPS) is 10.9. The van der Waals surface area contributed by atoms with Gasteiger partial charge in [0.2, 0.25) is 5.88 Å². The number of nitrogens with one attached hydrogen (secondary N) is 2. The Morgan fingerprint density at radius 2 is 2.10 bits per heavy atom. The topological polar surface area (TPSA) is 58.5 Å². The summed E-state index contributed by atoms with van der Waals surface area (Å²) < 4.78 is 5.03. The maximum Gasteiger partial charge on any atom is 0.212 e. The van der Waals surface area contributed by atoms with Gasteiger partial charge in [-0.25, -0.2) is 9.98 Å². The average molecular weight is 392 g/mol. The predicted octanol–water partition coefficient (Wildman–Crippen LogP) is 2.42. The van der Waals surface area contributed by atoms with Crippen LogP contribution in [0.1, 0.15) is 26.3 Å². The number of methoxy groups -OCH3 is 1. The first-order valence-electron chi connectivity index (χ1n) is 6.66. The molecule has 0 spiro atoms. The molecule has 0 fully saturated rings. The average Bonchev–Trinajstić information content (AvgIpc) is 2.42. The molecule has 0 saturated heterocycles. The third-order valence-corrected chi connectivity index (χ3v) is 2.45. The molecule has 1 rings (SSSR count). The second kappa shape index (κ2) is 10.7. The van der Waals surface area contributed by atoms with Gasteiger partial charge in [-0.2, -0.15) is 0 Å². The van der Waals surface area contributed by atoms with Gasteiger partial charge in [0.25, 0.3) is 0 Å². The van der Waals surface area contributed by atoms with Crippen LogP contribution >= 0.6 is 24.0 Å². The van der Waals surface area contributed by atoms with Crippen molar-refractivity contribution in [2.75, 3.05) is 20.2 Å². The molecular formula is C14H25IN4O. The van der Waals surface area contributed by atoms with Crippen molar-refractivity contribution in [2.24, 2.45) is 10.9 Å². The Morgan fingerprint density at radius 1 is 1.35 bits per heavy atom. The van der Waals surface area contributed by atoms with E-state index in [0.29, 0.717) is 18.3 Å². The second-order valence-electron chi connectivity index (χ2n) is 4.68. The highest BCUT2D eigenvalue weighted by Crippen LogP contribution is 2.07. The van der Waals surface area contributed by atoms with E-state index in [2.05, 4.69) is 41.4 Å². The number of aliphatic imine (C=N–C) groups is 1. The minimum absolute atomic E-state index is 0. The molecule has 0 atom stereocenters. The smallest absolute Gasteiger partial charge is 0.212 e. The summed E-state index contributed by atoms with van der Waals surface area (Å²) in [5, 5.41) is 6.53. The summed E-state index contributed by atoms with van der Waals surface area (Å²) in [7, 11) is 1.61. The van der Waals surface area contributed by atoms with Crippen LogP contribution in [-0.4, -0.2) is 31.1 Å². The zero-order valence-corrected chi connectivity index (χ0v) is 15.0. The molecule has 114 valence electrons. The first-order valence-corrected chi connectivity index (χ1v) is 6.66. The third-order valence-electron chi connectivity index (χ3n) is 2.45.